The third kappa shape index (κ3) is 8.32. The fourth-order valence-corrected chi connectivity index (χ4v) is 5.45. The molecule has 1 aromatic heterocycles. The highest BCUT2D eigenvalue weighted by molar-refractivity contribution is 7.90. The van der Waals surface area contributed by atoms with E-state index in [1.165, 1.54) is 17.1 Å². The van der Waals surface area contributed by atoms with Gasteiger partial charge in [0, 0.05) is 11.5 Å². The summed E-state index contributed by atoms with van der Waals surface area (Å²) in [7, 11) is -4.33. The van der Waals surface area contributed by atoms with E-state index in [1.807, 2.05) is 11.6 Å². The lowest BCUT2D eigenvalue weighted by atomic mass is 9.97. The van der Waals surface area contributed by atoms with Crippen LogP contribution in [0.25, 0.3) is 16.9 Å². The number of hydrazine groups is 1. The van der Waals surface area contributed by atoms with Crippen molar-refractivity contribution in [2.45, 2.75) is 51.6 Å². The topological polar surface area (TPSA) is 158 Å². The summed E-state index contributed by atoms with van der Waals surface area (Å²) in [6.45, 7) is 6.37. The molecule has 46 heavy (non-hydrogen) atoms. The van der Waals surface area contributed by atoms with Gasteiger partial charge < -0.3 is 14.8 Å². The average molecular weight is 667 g/mol. The van der Waals surface area contributed by atoms with Crippen molar-refractivity contribution in [1.29, 1.82) is 0 Å². The Morgan fingerprint density at radius 1 is 1.07 bits per heavy atom. The molecular weight excluding hydrogens is 633 g/mol. The molecule has 13 nitrogen and oxygen atoms in total. The monoisotopic (exact) mass is 666 g/mol. The molecular formula is C29H33F3N6O7S. The van der Waals surface area contributed by atoms with Crippen molar-refractivity contribution in [2.24, 2.45) is 16.6 Å². The number of aromatic nitrogens is 2. The third-order valence-electron chi connectivity index (χ3n) is 7.04. The van der Waals surface area contributed by atoms with Crippen LogP contribution in [-0.2, 0) is 35.4 Å². The van der Waals surface area contributed by atoms with E-state index in [9.17, 15) is 36.4 Å². The minimum Gasteiger partial charge on any atom is -0.569 e. The number of nitrogens with zero attached hydrogens (tertiary/aromatic N) is 5. The number of carbonyl (C=O) groups is 2. The third-order valence-corrected chi connectivity index (χ3v) is 8.40. The number of sulfonamides is 1. The summed E-state index contributed by atoms with van der Waals surface area (Å²) in [5, 5.41) is 20.4. The molecule has 1 aliphatic heterocycles. The second-order valence-corrected chi connectivity index (χ2v) is 13.3. The number of hydrogen-bond acceptors (Lipinski definition) is 9. The summed E-state index contributed by atoms with van der Waals surface area (Å²) in [4.78, 5) is 29.1. The van der Waals surface area contributed by atoms with Crippen LogP contribution in [0.2, 0.25) is 0 Å². The highest BCUT2D eigenvalue weighted by atomic mass is 32.2. The normalized spacial score (nSPS) is 15.0. The van der Waals surface area contributed by atoms with Gasteiger partial charge in [0.25, 0.3) is 16.8 Å². The Bertz CT molecular complexity index is 1690. The zero-order chi connectivity index (χ0) is 33.9. The fraction of sp³-hybridized carbons (Fsp3) is 0.414. The van der Waals surface area contributed by atoms with Gasteiger partial charge in [0.05, 0.1) is 39.8 Å². The molecule has 1 fully saturated rings. The van der Waals surface area contributed by atoms with Crippen molar-refractivity contribution in [3.8, 4) is 16.9 Å². The van der Waals surface area contributed by atoms with Gasteiger partial charge in [0.15, 0.2) is 5.69 Å². The highest BCUT2D eigenvalue weighted by Gasteiger charge is 2.36. The Kier molecular flexibility index (Phi) is 9.94. The molecule has 2 heterocycles. The van der Waals surface area contributed by atoms with Crippen molar-refractivity contribution >= 4 is 21.9 Å². The number of esters is 1. The van der Waals surface area contributed by atoms with Gasteiger partial charge in [-0.15, -0.1) is 5.01 Å². The molecule has 1 aliphatic rings. The number of rotatable bonds is 9. The molecule has 17 heteroatoms. The molecule has 0 unspecified atom stereocenters. The van der Waals surface area contributed by atoms with E-state index in [4.69, 9.17) is 9.57 Å². The number of nitrogens with one attached hydrogen (secondary N) is 1. The Hall–Kier alpha value is -4.67. The number of piperidine rings is 1. The maximum Gasteiger partial charge on any atom is 0.435 e. The minimum absolute atomic E-state index is 0.0675. The molecule has 3 aromatic rings. The number of halogens is 3. The predicted octanol–water partition coefficient (Wildman–Crippen LogP) is 4.74. The standard InChI is InChI=1S/C29H33F3N6O7S/c1-19-5-7-20(8-6-19)24-17-25(29(30,31)32)33-37(24)22-9-11-23(12-10-22)46(42,43)34-26(39)21-13-15-36(16-14-21)38(41)35-45-18-44-27(40)28(2,3)4/h5-12,17,21H,13-16,18H2,1-4H3,(H,34,39)/b38-35-. The van der Waals surface area contributed by atoms with E-state index in [0.717, 1.165) is 28.4 Å². The molecule has 1 N–H and O–H groups in total. The zero-order valence-electron chi connectivity index (χ0n) is 25.4. The average Bonchev–Trinajstić information content (AvgIpc) is 3.45. The molecule has 0 radical (unpaired) electrons. The van der Waals surface area contributed by atoms with E-state index in [0.29, 0.717) is 5.56 Å². The van der Waals surface area contributed by atoms with Crippen LogP contribution >= 0.6 is 0 Å². The van der Waals surface area contributed by atoms with Crippen molar-refractivity contribution < 1.29 is 45.7 Å². The first-order valence-electron chi connectivity index (χ1n) is 14.1. The number of amides is 1. The second-order valence-electron chi connectivity index (χ2n) is 11.6. The first-order valence-corrected chi connectivity index (χ1v) is 15.6. The molecule has 0 saturated carbocycles. The van der Waals surface area contributed by atoms with E-state index in [2.05, 4.69) is 10.4 Å². The maximum absolute atomic E-state index is 13.5. The van der Waals surface area contributed by atoms with Crippen molar-refractivity contribution in [3.05, 3.63) is 71.1 Å². The Morgan fingerprint density at radius 3 is 2.24 bits per heavy atom. The van der Waals surface area contributed by atoms with Gasteiger partial charge in [-0.1, -0.05) is 29.8 Å². The second kappa shape index (κ2) is 13.4. The minimum atomic E-state index is -4.70. The van der Waals surface area contributed by atoms with Crippen LogP contribution in [0.5, 0.6) is 0 Å². The number of benzene rings is 2. The summed E-state index contributed by atoms with van der Waals surface area (Å²) in [5.41, 5.74) is -0.142. The summed E-state index contributed by atoms with van der Waals surface area (Å²) < 4.78 is 74.5. The van der Waals surface area contributed by atoms with Gasteiger partial charge >= 0.3 is 12.1 Å². The van der Waals surface area contributed by atoms with Crippen LogP contribution in [0.1, 0.15) is 44.9 Å². The molecule has 0 aliphatic carbocycles. The fourth-order valence-electron chi connectivity index (χ4n) is 4.41. The smallest absolute Gasteiger partial charge is 0.435 e. The molecule has 4 rings (SSSR count). The van der Waals surface area contributed by atoms with Crippen molar-refractivity contribution in [2.75, 3.05) is 19.9 Å². The molecule has 1 amide bonds. The van der Waals surface area contributed by atoms with Crippen molar-refractivity contribution in [1.82, 2.24) is 19.5 Å². The first kappa shape index (κ1) is 34.2. The Morgan fingerprint density at radius 2 is 1.67 bits per heavy atom. The highest BCUT2D eigenvalue weighted by Crippen LogP contribution is 2.33. The predicted molar refractivity (Wildman–Crippen MR) is 156 cm³/mol. The van der Waals surface area contributed by atoms with Crippen LogP contribution in [0.15, 0.2) is 64.8 Å². The van der Waals surface area contributed by atoms with Gasteiger partial charge in [-0.3, -0.25) is 9.59 Å². The Labute approximate surface area is 263 Å². The lowest BCUT2D eigenvalue weighted by Gasteiger charge is -2.27. The van der Waals surface area contributed by atoms with Gasteiger partial charge in [0.2, 0.25) is 11.2 Å². The van der Waals surface area contributed by atoms with Gasteiger partial charge in [-0.2, -0.15) is 18.3 Å². The van der Waals surface area contributed by atoms with Gasteiger partial charge in [-0.25, -0.2) is 17.8 Å². The SMILES string of the molecule is Cc1ccc(-c2cc(C(F)(F)F)nn2-c2ccc(S(=O)(=O)NC(=O)C3CCN(/[N+]([O-])=N/OCOC(=O)C(C)(C)C)CC3)cc2)cc1. The van der Waals surface area contributed by atoms with E-state index in [1.54, 1.807) is 45.0 Å². The largest absolute Gasteiger partial charge is 0.569 e. The van der Waals surface area contributed by atoms with Gasteiger partial charge in [-0.05, 0) is 70.9 Å². The van der Waals surface area contributed by atoms with Crippen LogP contribution in [0.4, 0.5) is 13.2 Å². The number of ether oxygens (including phenoxy) is 1. The van der Waals surface area contributed by atoms with Crippen molar-refractivity contribution in [3.63, 3.8) is 0 Å². The first-order chi connectivity index (χ1) is 21.5. The molecule has 0 atom stereocenters. The number of aryl methyl sites for hydroxylation is 1. The summed E-state index contributed by atoms with van der Waals surface area (Å²) >= 11 is 0. The summed E-state index contributed by atoms with van der Waals surface area (Å²) in [6.07, 6.45) is -4.43. The maximum atomic E-state index is 13.5. The lowest BCUT2D eigenvalue weighted by molar-refractivity contribution is -0.713. The van der Waals surface area contributed by atoms with Gasteiger partial charge in [0.1, 0.15) is 0 Å². The molecule has 2 aromatic carbocycles. The lowest BCUT2D eigenvalue weighted by Crippen LogP contribution is -2.44. The van der Waals surface area contributed by atoms with E-state index in [-0.39, 0.29) is 47.2 Å². The number of alkyl halides is 3. The zero-order valence-corrected chi connectivity index (χ0v) is 26.3. The molecule has 0 bridgehead atoms. The van der Waals surface area contributed by atoms with E-state index >= 15 is 0 Å². The summed E-state index contributed by atoms with van der Waals surface area (Å²) in [5.74, 6) is -2.04. The van der Waals surface area contributed by atoms with Crippen LogP contribution < -0.4 is 4.72 Å². The number of carbonyl (C=O) groups excluding carboxylic acids is 2. The number of hydrogen-bond donors (Lipinski definition) is 1. The molecule has 1 saturated heterocycles. The van der Waals surface area contributed by atoms with Crippen LogP contribution in [-0.4, -0.2) is 59.9 Å². The molecule has 0 spiro atoms. The van der Waals surface area contributed by atoms with E-state index < -0.39 is 51.9 Å². The molecule has 248 valence electrons. The summed E-state index contributed by atoms with van der Waals surface area (Å²) in [6, 6.07) is 12.6. The van der Waals surface area contributed by atoms with Crippen LogP contribution in [0.3, 0.4) is 0 Å². The quantitative estimate of drug-likeness (QED) is 0.0851. The Balaban J connectivity index is 1.38. The van der Waals surface area contributed by atoms with Crippen LogP contribution in [0, 0.1) is 23.5 Å².